The SMILES string of the molecule is Cc1ncc(CNC2CC2(C)C)s1. The van der Waals surface area contributed by atoms with Crippen LogP contribution in [0.4, 0.5) is 0 Å². The Labute approximate surface area is 83.4 Å². The second-order valence-corrected chi connectivity index (χ2v) is 5.79. The molecule has 1 heterocycles. The molecule has 0 aliphatic heterocycles. The van der Waals surface area contributed by atoms with Crippen LogP contribution in [-0.4, -0.2) is 11.0 Å². The van der Waals surface area contributed by atoms with Gasteiger partial charge in [0, 0.05) is 23.7 Å². The molecule has 72 valence electrons. The summed E-state index contributed by atoms with van der Waals surface area (Å²) in [7, 11) is 0. The summed E-state index contributed by atoms with van der Waals surface area (Å²) < 4.78 is 0. The molecule has 2 nitrogen and oxygen atoms in total. The van der Waals surface area contributed by atoms with E-state index in [2.05, 4.69) is 31.1 Å². The summed E-state index contributed by atoms with van der Waals surface area (Å²) in [5, 5.41) is 4.71. The third-order valence-electron chi connectivity index (χ3n) is 2.71. The van der Waals surface area contributed by atoms with Crippen molar-refractivity contribution in [3.63, 3.8) is 0 Å². The minimum atomic E-state index is 0.528. The molecule has 0 bridgehead atoms. The number of aryl methyl sites for hydroxylation is 1. The highest BCUT2D eigenvalue weighted by Crippen LogP contribution is 2.44. The van der Waals surface area contributed by atoms with Crippen LogP contribution in [0, 0.1) is 12.3 Å². The average molecular weight is 196 g/mol. The van der Waals surface area contributed by atoms with Crippen LogP contribution in [0.25, 0.3) is 0 Å². The van der Waals surface area contributed by atoms with E-state index in [0.29, 0.717) is 5.41 Å². The molecule has 1 fully saturated rings. The molecule has 1 saturated carbocycles. The molecule has 1 aliphatic rings. The van der Waals surface area contributed by atoms with Crippen molar-refractivity contribution in [2.45, 2.75) is 39.8 Å². The molecular weight excluding hydrogens is 180 g/mol. The molecular formula is C10H16N2S. The van der Waals surface area contributed by atoms with Gasteiger partial charge in [-0.05, 0) is 18.8 Å². The lowest BCUT2D eigenvalue weighted by Crippen LogP contribution is -2.19. The largest absolute Gasteiger partial charge is 0.308 e. The molecule has 0 spiro atoms. The summed E-state index contributed by atoms with van der Waals surface area (Å²) in [6.07, 6.45) is 3.28. The fourth-order valence-corrected chi connectivity index (χ4v) is 2.27. The van der Waals surface area contributed by atoms with Crippen molar-refractivity contribution >= 4 is 11.3 Å². The van der Waals surface area contributed by atoms with Crippen molar-refractivity contribution in [2.24, 2.45) is 5.41 Å². The summed E-state index contributed by atoms with van der Waals surface area (Å²) in [4.78, 5) is 5.58. The standard InChI is InChI=1S/C10H16N2S/c1-7-11-5-8(13-7)6-12-9-4-10(9,2)3/h5,9,12H,4,6H2,1-3H3. The zero-order chi connectivity index (χ0) is 9.47. The zero-order valence-electron chi connectivity index (χ0n) is 8.42. The van der Waals surface area contributed by atoms with Gasteiger partial charge in [-0.2, -0.15) is 0 Å². The van der Waals surface area contributed by atoms with Gasteiger partial charge in [0.2, 0.25) is 0 Å². The third-order valence-corrected chi connectivity index (χ3v) is 3.62. The van der Waals surface area contributed by atoms with Gasteiger partial charge in [-0.25, -0.2) is 4.98 Å². The van der Waals surface area contributed by atoms with Gasteiger partial charge in [-0.1, -0.05) is 13.8 Å². The zero-order valence-corrected chi connectivity index (χ0v) is 9.24. The van der Waals surface area contributed by atoms with Crippen LogP contribution in [0.1, 0.15) is 30.2 Å². The number of hydrogen-bond acceptors (Lipinski definition) is 3. The van der Waals surface area contributed by atoms with Crippen LogP contribution < -0.4 is 5.32 Å². The van der Waals surface area contributed by atoms with Gasteiger partial charge >= 0.3 is 0 Å². The molecule has 1 aromatic heterocycles. The number of aromatic nitrogens is 1. The molecule has 1 atom stereocenters. The molecule has 1 aliphatic carbocycles. The van der Waals surface area contributed by atoms with Crippen molar-refractivity contribution in [3.8, 4) is 0 Å². The molecule has 0 saturated heterocycles. The van der Waals surface area contributed by atoms with Crippen LogP contribution in [0.2, 0.25) is 0 Å². The molecule has 2 rings (SSSR count). The van der Waals surface area contributed by atoms with Gasteiger partial charge in [0.05, 0.1) is 5.01 Å². The monoisotopic (exact) mass is 196 g/mol. The van der Waals surface area contributed by atoms with E-state index < -0.39 is 0 Å². The summed E-state index contributed by atoms with van der Waals surface area (Å²) in [5.41, 5.74) is 0.528. The van der Waals surface area contributed by atoms with Crippen molar-refractivity contribution < 1.29 is 0 Å². The van der Waals surface area contributed by atoms with E-state index >= 15 is 0 Å². The minimum absolute atomic E-state index is 0.528. The van der Waals surface area contributed by atoms with Gasteiger partial charge in [0.15, 0.2) is 0 Å². The summed E-state index contributed by atoms with van der Waals surface area (Å²) in [6.45, 7) is 7.65. The van der Waals surface area contributed by atoms with Crippen molar-refractivity contribution in [1.82, 2.24) is 10.3 Å². The van der Waals surface area contributed by atoms with Crippen LogP contribution >= 0.6 is 11.3 Å². The fourth-order valence-electron chi connectivity index (χ4n) is 1.53. The Kier molecular flexibility index (Phi) is 2.16. The first-order valence-corrected chi connectivity index (χ1v) is 5.54. The minimum Gasteiger partial charge on any atom is -0.308 e. The van der Waals surface area contributed by atoms with Crippen molar-refractivity contribution in [2.75, 3.05) is 0 Å². The first-order valence-electron chi connectivity index (χ1n) is 4.72. The van der Waals surface area contributed by atoms with Gasteiger partial charge < -0.3 is 5.32 Å². The lowest BCUT2D eigenvalue weighted by atomic mass is 10.2. The highest BCUT2D eigenvalue weighted by Gasteiger charge is 2.44. The Morgan fingerprint density at radius 2 is 2.38 bits per heavy atom. The van der Waals surface area contributed by atoms with E-state index in [1.54, 1.807) is 11.3 Å². The molecule has 1 unspecified atom stereocenters. The average Bonchev–Trinajstić information content (AvgIpc) is 2.45. The summed E-state index contributed by atoms with van der Waals surface area (Å²) in [5.74, 6) is 0. The highest BCUT2D eigenvalue weighted by molar-refractivity contribution is 7.11. The van der Waals surface area contributed by atoms with E-state index in [9.17, 15) is 0 Å². The van der Waals surface area contributed by atoms with E-state index in [-0.39, 0.29) is 0 Å². The normalized spacial score (nSPS) is 24.7. The highest BCUT2D eigenvalue weighted by atomic mass is 32.1. The lowest BCUT2D eigenvalue weighted by Gasteiger charge is -2.03. The molecule has 1 N–H and O–H groups in total. The van der Waals surface area contributed by atoms with Crippen molar-refractivity contribution in [1.29, 1.82) is 0 Å². The Bertz CT molecular complexity index is 304. The molecule has 0 amide bonds. The molecule has 3 heteroatoms. The Morgan fingerprint density at radius 1 is 1.69 bits per heavy atom. The molecule has 1 aromatic rings. The number of hydrogen-bond donors (Lipinski definition) is 1. The quantitative estimate of drug-likeness (QED) is 0.802. The number of nitrogens with zero attached hydrogens (tertiary/aromatic N) is 1. The molecule has 13 heavy (non-hydrogen) atoms. The summed E-state index contributed by atoms with van der Waals surface area (Å²) in [6, 6.07) is 0.718. The van der Waals surface area contributed by atoms with Gasteiger partial charge in [-0.15, -0.1) is 11.3 Å². The molecule has 0 aromatic carbocycles. The molecule has 0 radical (unpaired) electrons. The second kappa shape index (κ2) is 3.07. The first-order chi connectivity index (χ1) is 6.08. The van der Waals surface area contributed by atoms with Crippen LogP contribution in [0.5, 0.6) is 0 Å². The van der Waals surface area contributed by atoms with Crippen LogP contribution in [0.3, 0.4) is 0 Å². The topological polar surface area (TPSA) is 24.9 Å². The first kappa shape index (κ1) is 9.16. The fraction of sp³-hybridized carbons (Fsp3) is 0.700. The smallest absolute Gasteiger partial charge is 0.0897 e. The Morgan fingerprint density at radius 3 is 2.85 bits per heavy atom. The van der Waals surface area contributed by atoms with Crippen LogP contribution in [0.15, 0.2) is 6.20 Å². The maximum Gasteiger partial charge on any atom is 0.0897 e. The maximum atomic E-state index is 4.23. The Hall–Kier alpha value is -0.410. The van der Waals surface area contributed by atoms with Gasteiger partial charge in [-0.3, -0.25) is 0 Å². The van der Waals surface area contributed by atoms with Gasteiger partial charge in [0.25, 0.3) is 0 Å². The number of thiazole rings is 1. The van der Waals surface area contributed by atoms with E-state index in [0.717, 1.165) is 17.6 Å². The lowest BCUT2D eigenvalue weighted by molar-refractivity contribution is 0.544. The van der Waals surface area contributed by atoms with E-state index in [4.69, 9.17) is 0 Å². The third kappa shape index (κ3) is 2.09. The summed E-state index contributed by atoms with van der Waals surface area (Å²) >= 11 is 1.78. The van der Waals surface area contributed by atoms with Gasteiger partial charge in [0.1, 0.15) is 0 Å². The maximum absolute atomic E-state index is 4.23. The second-order valence-electron chi connectivity index (χ2n) is 4.47. The predicted octanol–water partition coefficient (Wildman–Crippen LogP) is 2.34. The Balaban J connectivity index is 1.81. The van der Waals surface area contributed by atoms with Crippen molar-refractivity contribution in [3.05, 3.63) is 16.1 Å². The predicted molar refractivity (Wildman–Crippen MR) is 55.9 cm³/mol. The van der Waals surface area contributed by atoms with Crippen LogP contribution in [-0.2, 0) is 6.54 Å². The number of rotatable bonds is 3. The van der Waals surface area contributed by atoms with E-state index in [1.165, 1.54) is 11.3 Å². The van der Waals surface area contributed by atoms with E-state index in [1.807, 2.05) is 6.20 Å². The number of nitrogens with one attached hydrogen (secondary N) is 1.